The number of carbonyl (C=O) groups excluding carboxylic acids is 2. The van der Waals surface area contributed by atoms with Crippen molar-refractivity contribution in [3.8, 4) is 0 Å². The molecular weight excluding hydrogens is 384 g/mol. The minimum absolute atomic E-state index is 0.218. The van der Waals surface area contributed by atoms with E-state index in [1.54, 1.807) is 22.6 Å². The Labute approximate surface area is 173 Å². The molecule has 0 spiro atoms. The van der Waals surface area contributed by atoms with E-state index < -0.39 is 4.75 Å². The van der Waals surface area contributed by atoms with Gasteiger partial charge in [-0.15, -0.1) is 0 Å². The highest BCUT2D eigenvalue weighted by Crippen LogP contribution is 2.45. The second-order valence-electron chi connectivity index (χ2n) is 6.99. The van der Waals surface area contributed by atoms with Gasteiger partial charge in [-0.1, -0.05) is 54.2 Å². The molecule has 2 aromatic carbocycles. The summed E-state index contributed by atoms with van der Waals surface area (Å²) in [5.74, 6) is -0.155. The Hall–Kier alpha value is -3.06. The number of benzene rings is 2. The molecule has 6 nitrogen and oxygen atoms in total. The Morgan fingerprint density at radius 2 is 1.83 bits per heavy atom. The summed E-state index contributed by atoms with van der Waals surface area (Å²) in [6.45, 7) is 4.70. The van der Waals surface area contributed by atoms with Crippen molar-refractivity contribution < 1.29 is 9.59 Å². The largest absolute Gasteiger partial charge is 0.310 e. The van der Waals surface area contributed by atoms with Crippen LogP contribution in [0.5, 0.6) is 0 Å². The second-order valence-corrected chi connectivity index (χ2v) is 8.45. The Bertz CT molecular complexity index is 1050. The SMILES string of the molecule is CCN1C(=O)C(C)(C(=O)Nc2ccn(Cc3ccccc3)n2)Sc2ccccc21. The smallest absolute Gasteiger partial charge is 0.252 e. The van der Waals surface area contributed by atoms with Crippen LogP contribution in [0.4, 0.5) is 11.5 Å². The van der Waals surface area contributed by atoms with Crippen LogP contribution >= 0.6 is 11.8 Å². The first-order chi connectivity index (χ1) is 14.0. The average Bonchev–Trinajstić information content (AvgIpc) is 3.16. The molecule has 0 saturated carbocycles. The number of nitrogens with one attached hydrogen (secondary N) is 1. The van der Waals surface area contributed by atoms with Crippen molar-refractivity contribution in [2.24, 2.45) is 0 Å². The van der Waals surface area contributed by atoms with Gasteiger partial charge in [0, 0.05) is 23.7 Å². The normalized spacial score (nSPS) is 18.4. The molecule has 0 aliphatic carbocycles. The number of hydrogen-bond donors (Lipinski definition) is 1. The van der Waals surface area contributed by atoms with Crippen LogP contribution in [0.3, 0.4) is 0 Å². The van der Waals surface area contributed by atoms with E-state index >= 15 is 0 Å². The highest BCUT2D eigenvalue weighted by atomic mass is 32.2. The molecule has 1 aliphatic rings. The maximum atomic E-state index is 13.1. The molecular formula is C22H22N4O2S. The molecule has 1 aromatic heterocycles. The lowest BCUT2D eigenvalue weighted by Crippen LogP contribution is -2.54. The van der Waals surface area contributed by atoms with Gasteiger partial charge in [-0.05, 0) is 31.5 Å². The fourth-order valence-corrected chi connectivity index (χ4v) is 4.59. The number of carbonyl (C=O) groups is 2. The Morgan fingerprint density at radius 1 is 1.10 bits per heavy atom. The third kappa shape index (κ3) is 3.65. The molecule has 1 atom stereocenters. The molecule has 1 N–H and O–H groups in total. The van der Waals surface area contributed by atoms with Gasteiger partial charge < -0.3 is 10.2 Å². The van der Waals surface area contributed by atoms with E-state index in [4.69, 9.17) is 0 Å². The van der Waals surface area contributed by atoms with Gasteiger partial charge in [-0.2, -0.15) is 5.10 Å². The molecule has 7 heteroatoms. The molecule has 0 bridgehead atoms. The van der Waals surface area contributed by atoms with Crippen LogP contribution in [0.25, 0.3) is 0 Å². The lowest BCUT2D eigenvalue weighted by atomic mass is 10.1. The summed E-state index contributed by atoms with van der Waals surface area (Å²) in [5.41, 5.74) is 1.97. The zero-order chi connectivity index (χ0) is 20.4. The third-order valence-corrected chi connectivity index (χ3v) is 6.28. The van der Waals surface area contributed by atoms with Gasteiger partial charge in [-0.3, -0.25) is 14.3 Å². The molecule has 2 heterocycles. The van der Waals surface area contributed by atoms with E-state index in [-0.39, 0.29) is 11.8 Å². The molecule has 3 aromatic rings. The van der Waals surface area contributed by atoms with Gasteiger partial charge in [0.1, 0.15) is 0 Å². The van der Waals surface area contributed by atoms with Gasteiger partial charge in [0.25, 0.3) is 11.8 Å². The molecule has 0 radical (unpaired) electrons. The third-order valence-electron chi connectivity index (χ3n) is 4.94. The van der Waals surface area contributed by atoms with Crippen molar-refractivity contribution in [3.05, 3.63) is 72.4 Å². The number of anilines is 2. The maximum Gasteiger partial charge on any atom is 0.252 e. The van der Waals surface area contributed by atoms with Crippen LogP contribution in [0.2, 0.25) is 0 Å². The van der Waals surface area contributed by atoms with Crippen LogP contribution in [0, 0.1) is 0 Å². The standard InChI is InChI=1S/C22H22N4O2S/c1-3-26-17-11-7-8-12-18(17)29-22(2,21(26)28)20(27)23-19-13-14-25(24-19)15-16-9-5-4-6-10-16/h4-14H,3,15H2,1-2H3,(H,23,24,27). The average molecular weight is 407 g/mol. The predicted molar refractivity (Wildman–Crippen MR) is 115 cm³/mol. The van der Waals surface area contributed by atoms with Crippen molar-refractivity contribution in [3.63, 3.8) is 0 Å². The highest BCUT2D eigenvalue weighted by Gasteiger charge is 2.49. The summed E-state index contributed by atoms with van der Waals surface area (Å²) in [7, 11) is 0. The lowest BCUT2D eigenvalue weighted by Gasteiger charge is -2.38. The van der Waals surface area contributed by atoms with E-state index in [0.717, 1.165) is 16.1 Å². The van der Waals surface area contributed by atoms with Gasteiger partial charge in [0.15, 0.2) is 10.6 Å². The fraction of sp³-hybridized carbons (Fsp3) is 0.227. The van der Waals surface area contributed by atoms with Gasteiger partial charge >= 0.3 is 0 Å². The molecule has 148 valence electrons. The number of nitrogens with zero attached hydrogens (tertiary/aromatic N) is 3. The predicted octanol–water partition coefficient (Wildman–Crippen LogP) is 3.79. The summed E-state index contributed by atoms with van der Waals surface area (Å²) < 4.78 is 0.504. The van der Waals surface area contributed by atoms with E-state index in [2.05, 4.69) is 10.4 Å². The van der Waals surface area contributed by atoms with Crippen molar-refractivity contribution in [1.82, 2.24) is 9.78 Å². The monoisotopic (exact) mass is 406 g/mol. The first-order valence-corrected chi connectivity index (χ1v) is 10.3. The zero-order valence-electron chi connectivity index (χ0n) is 16.3. The molecule has 1 unspecified atom stereocenters. The number of aromatic nitrogens is 2. The quantitative estimate of drug-likeness (QED) is 0.655. The number of rotatable bonds is 5. The molecule has 1 aliphatic heterocycles. The zero-order valence-corrected chi connectivity index (χ0v) is 17.1. The summed E-state index contributed by atoms with van der Waals surface area (Å²) in [5, 5.41) is 7.26. The van der Waals surface area contributed by atoms with Gasteiger partial charge in [0.2, 0.25) is 0 Å². The minimum Gasteiger partial charge on any atom is -0.310 e. The van der Waals surface area contributed by atoms with Crippen molar-refractivity contribution in [2.45, 2.75) is 30.0 Å². The van der Waals surface area contributed by atoms with Crippen LogP contribution in [-0.2, 0) is 16.1 Å². The Kier molecular flexibility index (Phi) is 5.15. The van der Waals surface area contributed by atoms with E-state index in [9.17, 15) is 9.59 Å². The maximum absolute atomic E-state index is 13.1. The van der Waals surface area contributed by atoms with Gasteiger partial charge in [0.05, 0.1) is 12.2 Å². The Morgan fingerprint density at radius 3 is 2.59 bits per heavy atom. The summed E-state index contributed by atoms with van der Waals surface area (Å²) in [6.07, 6.45) is 1.81. The molecule has 4 rings (SSSR count). The number of thioether (sulfide) groups is 1. The van der Waals surface area contributed by atoms with E-state index in [1.165, 1.54) is 11.8 Å². The number of amides is 2. The van der Waals surface area contributed by atoms with Crippen LogP contribution in [0.1, 0.15) is 19.4 Å². The first kappa shape index (κ1) is 19.3. The highest BCUT2D eigenvalue weighted by molar-refractivity contribution is 8.02. The van der Waals surface area contributed by atoms with Crippen LogP contribution < -0.4 is 10.2 Å². The number of hydrogen-bond acceptors (Lipinski definition) is 4. The summed E-state index contributed by atoms with van der Waals surface area (Å²) >= 11 is 1.29. The summed E-state index contributed by atoms with van der Waals surface area (Å²) in [6, 6.07) is 19.4. The van der Waals surface area contributed by atoms with Crippen molar-refractivity contribution >= 4 is 35.1 Å². The van der Waals surface area contributed by atoms with Crippen molar-refractivity contribution in [1.29, 1.82) is 0 Å². The van der Waals surface area contributed by atoms with Crippen LogP contribution in [-0.4, -0.2) is 32.9 Å². The molecule has 2 amide bonds. The van der Waals surface area contributed by atoms with E-state index in [0.29, 0.717) is 18.9 Å². The first-order valence-electron chi connectivity index (χ1n) is 9.50. The molecule has 29 heavy (non-hydrogen) atoms. The lowest BCUT2D eigenvalue weighted by molar-refractivity contribution is -0.128. The van der Waals surface area contributed by atoms with Crippen molar-refractivity contribution in [2.75, 3.05) is 16.8 Å². The van der Waals surface area contributed by atoms with Crippen LogP contribution in [0.15, 0.2) is 71.8 Å². The van der Waals surface area contributed by atoms with E-state index in [1.807, 2.05) is 67.7 Å². The fourth-order valence-electron chi connectivity index (χ4n) is 3.38. The topological polar surface area (TPSA) is 67.2 Å². The number of fused-ring (bicyclic) bond motifs is 1. The molecule has 0 fully saturated rings. The Balaban J connectivity index is 1.53. The number of para-hydroxylation sites is 1. The van der Waals surface area contributed by atoms with Gasteiger partial charge in [-0.25, -0.2) is 0 Å². The second kappa shape index (κ2) is 7.75. The minimum atomic E-state index is -1.26. The summed E-state index contributed by atoms with van der Waals surface area (Å²) in [4.78, 5) is 28.8. The molecule has 0 saturated heterocycles.